The maximum atomic E-state index is 6.03. The van der Waals surface area contributed by atoms with Crippen LogP contribution in [0.1, 0.15) is 47.5 Å². The number of hydrogen-bond acceptors (Lipinski definition) is 4. The maximum absolute atomic E-state index is 6.03. The molecule has 0 saturated carbocycles. The van der Waals surface area contributed by atoms with Gasteiger partial charge >= 0.3 is 0 Å². The first-order valence-electron chi connectivity index (χ1n) is 7.53. The van der Waals surface area contributed by atoms with E-state index in [0.29, 0.717) is 6.61 Å². The summed E-state index contributed by atoms with van der Waals surface area (Å²) in [5.41, 5.74) is 8.42. The molecule has 1 aromatic heterocycles. The van der Waals surface area contributed by atoms with Crippen molar-refractivity contribution in [1.29, 1.82) is 0 Å². The molecule has 0 fully saturated rings. The Hall–Kier alpha value is -1.39. The Bertz CT molecular complexity index is 578. The Morgan fingerprint density at radius 2 is 2.14 bits per heavy atom. The molecule has 4 heteroatoms. The average Bonchev–Trinajstić information content (AvgIpc) is 2.83. The minimum Gasteiger partial charge on any atom is -0.493 e. The van der Waals surface area contributed by atoms with Crippen molar-refractivity contribution in [3.8, 4) is 5.75 Å². The summed E-state index contributed by atoms with van der Waals surface area (Å²) in [5.74, 6) is 0.924. The highest BCUT2D eigenvalue weighted by molar-refractivity contribution is 7.11. The fourth-order valence-electron chi connectivity index (χ4n) is 2.25. The fraction of sp³-hybridized carbons (Fsp3) is 0.471. The lowest BCUT2D eigenvalue weighted by atomic mass is 10.2. The number of rotatable bonds is 7. The standard InChI is InChI=1S/C17H24N2OS/c1-4-6-15-17(13(3)18)21-16(19-15)9-10-20-14-8-5-7-12(2)11-14/h5,7-8,11,13H,4,6,9-10,18H2,1-3H3. The van der Waals surface area contributed by atoms with E-state index in [9.17, 15) is 0 Å². The van der Waals surface area contributed by atoms with Crippen LogP contribution < -0.4 is 10.5 Å². The van der Waals surface area contributed by atoms with E-state index in [1.54, 1.807) is 11.3 Å². The first-order chi connectivity index (χ1) is 10.1. The summed E-state index contributed by atoms with van der Waals surface area (Å²) in [6.45, 7) is 6.92. The zero-order chi connectivity index (χ0) is 15.2. The van der Waals surface area contributed by atoms with Gasteiger partial charge in [-0.1, -0.05) is 25.5 Å². The van der Waals surface area contributed by atoms with Crippen molar-refractivity contribution in [2.75, 3.05) is 6.61 Å². The predicted molar refractivity (Wildman–Crippen MR) is 89.1 cm³/mol. The molecule has 2 N–H and O–H groups in total. The molecule has 1 heterocycles. The van der Waals surface area contributed by atoms with E-state index >= 15 is 0 Å². The number of nitrogens with zero attached hydrogens (tertiary/aromatic N) is 1. The number of aryl methyl sites for hydroxylation is 2. The summed E-state index contributed by atoms with van der Waals surface area (Å²) in [4.78, 5) is 5.95. The fourth-order valence-corrected chi connectivity index (χ4v) is 3.30. The highest BCUT2D eigenvalue weighted by atomic mass is 32.1. The average molecular weight is 304 g/mol. The molecule has 0 saturated heterocycles. The highest BCUT2D eigenvalue weighted by Gasteiger charge is 2.13. The molecule has 0 amide bonds. The van der Waals surface area contributed by atoms with Gasteiger partial charge in [0.2, 0.25) is 0 Å². The minimum atomic E-state index is 0.0653. The SMILES string of the molecule is CCCc1nc(CCOc2cccc(C)c2)sc1C(C)N. The molecule has 0 aliphatic heterocycles. The molecule has 114 valence electrons. The zero-order valence-electron chi connectivity index (χ0n) is 13.1. The van der Waals surface area contributed by atoms with Crippen molar-refractivity contribution in [3.05, 3.63) is 45.4 Å². The molecular formula is C17H24N2OS. The van der Waals surface area contributed by atoms with Gasteiger partial charge < -0.3 is 10.5 Å². The third-order valence-corrected chi connectivity index (χ3v) is 4.60. The van der Waals surface area contributed by atoms with Crippen molar-refractivity contribution >= 4 is 11.3 Å². The van der Waals surface area contributed by atoms with Crippen LogP contribution in [0.4, 0.5) is 0 Å². The van der Waals surface area contributed by atoms with Crippen LogP contribution in [0.5, 0.6) is 5.75 Å². The second-order valence-corrected chi connectivity index (χ2v) is 6.49. The van der Waals surface area contributed by atoms with E-state index in [0.717, 1.165) is 30.0 Å². The Balaban J connectivity index is 1.95. The lowest BCUT2D eigenvalue weighted by molar-refractivity contribution is 0.321. The summed E-state index contributed by atoms with van der Waals surface area (Å²) >= 11 is 1.73. The third kappa shape index (κ3) is 4.55. The van der Waals surface area contributed by atoms with Gasteiger partial charge in [-0.3, -0.25) is 0 Å². The monoisotopic (exact) mass is 304 g/mol. The summed E-state index contributed by atoms with van der Waals surface area (Å²) in [6, 6.07) is 8.19. The van der Waals surface area contributed by atoms with Gasteiger partial charge in [-0.15, -0.1) is 11.3 Å². The van der Waals surface area contributed by atoms with E-state index in [4.69, 9.17) is 15.5 Å². The molecule has 0 spiro atoms. The smallest absolute Gasteiger partial charge is 0.119 e. The molecule has 2 rings (SSSR count). The third-order valence-electron chi connectivity index (χ3n) is 3.25. The Labute approximate surface area is 131 Å². The number of aromatic nitrogens is 1. The molecule has 0 radical (unpaired) electrons. The van der Waals surface area contributed by atoms with Gasteiger partial charge in [-0.2, -0.15) is 0 Å². The van der Waals surface area contributed by atoms with Gasteiger partial charge in [0.05, 0.1) is 17.3 Å². The molecule has 1 atom stereocenters. The van der Waals surface area contributed by atoms with E-state index < -0.39 is 0 Å². The van der Waals surface area contributed by atoms with Crippen LogP contribution in [-0.4, -0.2) is 11.6 Å². The van der Waals surface area contributed by atoms with Crippen LogP contribution in [-0.2, 0) is 12.8 Å². The number of ether oxygens (including phenoxy) is 1. The molecule has 0 bridgehead atoms. The van der Waals surface area contributed by atoms with Crippen LogP contribution in [0, 0.1) is 6.92 Å². The first-order valence-corrected chi connectivity index (χ1v) is 8.35. The summed E-state index contributed by atoms with van der Waals surface area (Å²) in [5, 5.41) is 1.12. The number of benzene rings is 1. The normalized spacial score (nSPS) is 12.4. The molecule has 21 heavy (non-hydrogen) atoms. The van der Waals surface area contributed by atoms with Crippen molar-refractivity contribution in [2.45, 2.75) is 46.1 Å². The lowest BCUT2D eigenvalue weighted by Crippen LogP contribution is -2.05. The molecule has 3 nitrogen and oxygen atoms in total. The van der Waals surface area contributed by atoms with Crippen LogP contribution in [0.25, 0.3) is 0 Å². The van der Waals surface area contributed by atoms with E-state index in [1.807, 2.05) is 19.1 Å². The second kappa shape index (κ2) is 7.57. The van der Waals surface area contributed by atoms with Gasteiger partial charge in [0.1, 0.15) is 5.75 Å². The van der Waals surface area contributed by atoms with Crippen molar-refractivity contribution in [3.63, 3.8) is 0 Å². The van der Waals surface area contributed by atoms with Gasteiger partial charge in [0, 0.05) is 17.3 Å². The quantitative estimate of drug-likeness (QED) is 0.839. The summed E-state index contributed by atoms with van der Waals surface area (Å²) in [7, 11) is 0. The molecule has 1 unspecified atom stereocenters. The van der Waals surface area contributed by atoms with Crippen molar-refractivity contribution in [1.82, 2.24) is 4.98 Å². The van der Waals surface area contributed by atoms with Crippen LogP contribution in [0.15, 0.2) is 24.3 Å². The number of thiazole rings is 1. The number of hydrogen-bond donors (Lipinski definition) is 1. The van der Waals surface area contributed by atoms with Crippen LogP contribution in [0.3, 0.4) is 0 Å². The summed E-state index contributed by atoms with van der Waals surface area (Å²) in [6.07, 6.45) is 2.94. The first kappa shape index (κ1) is 16.0. The van der Waals surface area contributed by atoms with Crippen LogP contribution >= 0.6 is 11.3 Å². The predicted octanol–water partition coefficient (Wildman–Crippen LogP) is 4.05. The largest absolute Gasteiger partial charge is 0.493 e. The van der Waals surface area contributed by atoms with Gasteiger partial charge in [-0.25, -0.2) is 4.98 Å². The summed E-state index contributed by atoms with van der Waals surface area (Å²) < 4.78 is 5.80. The Morgan fingerprint density at radius 3 is 2.81 bits per heavy atom. The topological polar surface area (TPSA) is 48.1 Å². The van der Waals surface area contributed by atoms with E-state index in [2.05, 4.69) is 26.0 Å². The van der Waals surface area contributed by atoms with Crippen LogP contribution in [0.2, 0.25) is 0 Å². The lowest BCUT2D eigenvalue weighted by Gasteiger charge is -2.05. The van der Waals surface area contributed by atoms with E-state index in [1.165, 1.54) is 16.1 Å². The van der Waals surface area contributed by atoms with Gasteiger partial charge in [0.15, 0.2) is 0 Å². The molecule has 0 aliphatic rings. The van der Waals surface area contributed by atoms with Gasteiger partial charge in [-0.05, 0) is 38.0 Å². The van der Waals surface area contributed by atoms with Gasteiger partial charge in [0.25, 0.3) is 0 Å². The molecule has 0 aliphatic carbocycles. The Kier molecular flexibility index (Phi) is 5.76. The molecule has 2 aromatic rings. The van der Waals surface area contributed by atoms with Crippen molar-refractivity contribution in [2.24, 2.45) is 5.73 Å². The van der Waals surface area contributed by atoms with Crippen molar-refractivity contribution < 1.29 is 4.74 Å². The minimum absolute atomic E-state index is 0.0653. The maximum Gasteiger partial charge on any atom is 0.119 e. The second-order valence-electron chi connectivity index (χ2n) is 5.37. The molecular weight excluding hydrogens is 280 g/mol. The Morgan fingerprint density at radius 1 is 1.33 bits per heavy atom. The molecule has 1 aromatic carbocycles. The number of nitrogens with two attached hydrogens (primary N) is 1. The highest BCUT2D eigenvalue weighted by Crippen LogP contribution is 2.25. The van der Waals surface area contributed by atoms with E-state index in [-0.39, 0.29) is 6.04 Å². The zero-order valence-corrected chi connectivity index (χ0v) is 13.9.